The number of carbonyl (C=O) groups excluding carboxylic acids is 1. The van der Waals surface area contributed by atoms with Crippen LogP contribution in [0.2, 0.25) is 0 Å². The minimum Gasteiger partial charge on any atom is -0.496 e. The lowest BCUT2D eigenvalue weighted by Gasteiger charge is -2.19. The van der Waals surface area contributed by atoms with Crippen LogP contribution in [0.3, 0.4) is 0 Å². The fourth-order valence-corrected chi connectivity index (χ4v) is 3.40. The fraction of sp³-hybridized carbons (Fsp3) is 0.160. The van der Waals surface area contributed by atoms with Crippen molar-refractivity contribution in [2.24, 2.45) is 0 Å². The molecule has 0 aliphatic carbocycles. The van der Waals surface area contributed by atoms with Gasteiger partial charge in [0.05, 0.1) is 7.11 Å². The Balaban J connectivity index is 1.49. The molecule has 31 heavy (non-hydrogen) atoms. The van der Waals surface area contributed by atoms with Gasteiger partial charge in [0.2, 0.25) is 11.8 Å². The average molecular weight is 413 g/mol. The maximum Gasteiger partial charge on any atom is 0.253 e. The third-order valence-electron chi connectivity index (χ3n) is 5.13. The van der Waals surface area contributed by atoms with Gasteiger partial charge in [-0.2, -0.15) is 0 Å². The smallest absolute Gasteiger partial charge is 0.253 e. The summed E-state index contributed by atoms with van der Waals surface area (Å²) in [4.78, 5) is 14.5. The van der Waals surface area contributed by atoms with E-state index >= 15 is 0 Å². The Morgan fingerprint density at radius 3 is 2.35 bits per heavy atom. The molecule has 6 heteroatoms. The van der Waals surface area contributed by atoms with Gasteiger partial charge in [-0.05, 0) is 48.9 Å². The highest BCUT2D eigenvalue weighted by Crippen LogP contribution is 2.26. The van der Waals surface area contributed by atoms with Crippen molar-refractivity contribution in [1.82, 2.24) is 15.1 Å². The average Bonchev–Trinajstić information content (AvgIpc) is 3.29. The van der Waals surface area contributed by atoms with Gasteiger partial charge in [0.1, 0.15) is 5.75 Å². The Morgan fingerprint density at radius 1 is 0.935 bits per heavy atom. The fourth-order valence-electron chi connectivity index (χ4n) is 3.40. The maximum atomic E-state index is 12.9. The number of aryl methyl sites for hydroxylation is 1. The molecule has 3 aromatic carbocycles. The Labute approximate surface area is 181 Å². The largest absolute Gasteiger partial charge is 0.496 e. The Bertz CT molecular complexity index is 1200. The second-order valence-electron chi connectivity index (χ2n) is 7.28. The van der Waals surface area contributed by atoms with Crippen LogP contribution in [-0.4, -0.2) is 35.2 Å². The molecule has 156 valence electrons. The molecule has 0 saturated carbocycles. The summed E-state index contributed by atoms with van der Waals surface area (Å²) in [5.41, 5.74) is 4.27. The number of hydrogen-bond acceptors (Lipinski definition) is 5. The van der Waals surface area contributed by atoms with E-state index in [-0.39, 0.29) is 5.91 Å². The lowest BCUT2D eigenvalue weighted by molar-refractivity contribution is 0.0784. The second kappa shape index (κ2) is 8.83. The van der Waals surface area contributed by atoms with Crippen molar-refractivity contribution in [2.75, 3.05) is 14.2 Å². The summed E-state index contributed by atoms with van der Waals surface area (Å²) in [6.07, 6.45) is 0. The number of benzene rings is 3. The SMILES string of the molecule is COc1ccccc1CN(C)C(=O)c1ccc(-c2nnc(-c3ccccc3C)o2)cc1. The molecule has 1 amide bonds. The molecule has 0 bridgehead atoms. The van der Waals surface area contributed by atoms with E-state index in [0.29, 0.717) is 23.9 Å². The molecule has 0 radical (unpaired) electrons. The van der Waals surface area contributed by atoms with Gasteiger partial charge in [-0.15, -0.1) is 10.2 Å². The van der Waals surface area contributed by atoms with Gasteiger partial charge in [0, 0.05) is 35.8 Å². The number of carbonyl (C=O) groups is 1. The molecule has 4 rings (SSSR count). The van der Waals surface area contributed by atoms with E-state index < -0.39 is 0 Å². The van der Waals surface area contributed by atoms with Crippen molar-refractivity contribution in [1.29, 1.82) is 0 Å². The summed E-state index contributed by atoms with van der Waals surface area (Å²) in [5, 5.41) is 8.33. The number of rotatable bonds is 6. The Kier molecular flexibility index (Phi) is 5.80. The van der Waals surface area contributed by atoms with Crippen molar-refractivity contribution < 1.29 is 13.9 Å². The van der Waals surface area contributed by atoms with Crippen LogP contribution >= 0.6 is 0 Å². The first kappa shape index (κ1) is 20.3. The van der Waals surface area contributed by atoms with E-state index in [9.17, 15) is 4.79 Å². The molecule has 1 aromatic heterocycles. The van der Waals surface area contributed by atoms with Crippen LogP contribution in [0, 0.1) is 6.92 Å². The van der Waals surface area contributed by atoms with Crippen LogP contribution in [0.25, 0.3) is 22.9 Å². The van der Waals surface area contributed by atoms with Crippen LogP contribution in [0.4, 0.5) is 0 Å². The van der Waals surface area contributed by atoms with Crippen molar-refractivity contribution in [3.8, 4) is 28.7 Å². The minimum absolute atomic E-state index is 0.0800. The third-order valence-corrected chi connectivity index (χ3v) is 5.13. The van der Waals surface area contributed by atoms with Crippen molar-refractivity contribution in [3.05, 3.63) is 89.5 Å². The molecular weight excluding hydrogens is 390 g/mol. The zero-order chi connectivity index (χ0) is 21.8. The molecule has 0 unspecified atom stereocenters. The van der Waals surface area contributed by atoms with E-state index in [1.165, 1.54) is 0 Å². The van der Waals surface area contributed by atoms with Crippen molar-refractivity contribution >= 4 is 5.91 Å². The Morgan fingerprint density at radius 2 is 1.61 bits per heavy atom. The van der Waals surface area contributed by atoms with Gasteiger partial charge in [-0.1, -0.05) is 36.4 Å². The lowest BCUT2D eigenvalue weighted by atomic mass is 10.1. The zero-order valence-electron chi connectivity index (χ0n) is 17.7. The van der Waals surface area contributed by atoms with Crippen LogP contribution in [0.1, 0.15) is 21.5 Å². The highest BCUT2D eigenvalue weighted by Gasteiger charge is 2.16. The summed E-state index contributed by atoms with van der Waals surface area (Å²) in [7, 11) is 3.40. The first-order chi connectivity index (χ1) is 15.1. The van der Waals surface area contributed by atoms with Gasteiger partial charge >= 0.3 is 0 Å². The van der Waals surface area contributed by atoms with Gasteiger partial charge in [0.15, 0.2) is 0 Å². The summed E-state index contributed by atoms with van der Waals surface area (Å²) in [6, 6.07) is 22.7. The lowest BCUT2D eigenvalue weighted by Crippen LogP contribution is -2.26. The van der Waals surface area contributed by atoms with Gasteiger partial charge in [0.25, 0.3) is 5.91 Å². The molecular formula is C25H23N3O3. The molecule has 0 N–H and O–H groups in total. The maximum absolute atomic E-state index is 12.9. The predicted octanol–water partition coefficient (Wildman–Crippen LogP) is 4.99. The predicted molar refractivity (Wildman–Crippen MR) is 119 cm³/mol. The van der Waals surface area contributed by atoms with E-state index in [2.05, 4.69) is 10.2 Å². The van der Waals surface area contributed by atoms with Crippen LogP contribution < -0.4 is 4.74 Å². The number of hydrogen-bond donors (Lipinski definition) is 0. The number of aromatic nitrogens is 2. The normalized spacial score (nSPS) is 10.7. The summed E-state index contributed by atoms with van der Waals surface area (Å²) in [5.74, 6) is 1.58. The monoisotopic (exact) mass is 413 g/mol. The molecule has 0 saturated heterocycles. The number of nitrogens with zero attached hydrogens (tertiary/aromatic N) is 3. The molecule has 0 aliphatic rings. The van der Waals surface area contributed by atoms with E-state index in [0.717, 1.165) is 28.0 Å². The number of amides is 1. The highest BCUT2D eigenvalue weighted by atomic mass is 16.5. The number of methoxy groups -OCH3 is 1. The number of ether oxygens (including phenoxy) is 1. The standard InChI is InChI=1S/C25H23N3O3/c1-17-8-4-6-10-21(17)24-27-26-23(31-24)18-12-14-19(15-13-18)25(29)28(2)16-20-9-5-7-11-22(20)30-3/h4-15H,16H2,1-3H3. The molecule has 0 fully saturated rings. The first-order valence-electron chi connectivity index (χ1n) is 9.94. The summed E-state index contributed by atoms with van der Waals surface area (Å²) < 4.78 is 11.2. The van der Waals surface area contributed by atoms with Crippen LogP contribution in [-0.2, 0) is 6.54 Å². The molecule has 4 aromatic rings. The minimum atomic E-state index is -0.0800. The second-order valence-corrected chi connectivity index (χ2v) is 7.28. The topological polar surface area (TPSA) is 68.5 Å². The molecule has 0 atom stereocenters. The highest BCUT2D eigenvalue weighted by molar-refractivity contribution is 5.94. The van der Waals surface area contributed by atoms with E-state index in [1.807, 2.05) is 67.6 Å². The molecule has 0 aliphatic heterocycles. The van der Waals surface area contributed by atoms with Gasteiger partial charge < -0.3 is 14.1 Å². The quantitative estimate of drug-likeness (QED) is 0.445. The van der Waals surface area contributed by atoms with E-state index in [4.69, 9.17) is 9.15 Å². The van der Waals surface area contributed by atoms with Crippen LogP contribution in [0.5, 0.6) is 5.75 Å². The molecule has 6 nitrogen and oxygen atoms in total. The van der Waals surface area contributed by atoms with Crippen molar-refractivity contribution in [2.45, 2.75) is 13.5 Å². The third kappa shape index (κ3) is 4.33. The van der Waals surface area contributed by atoms with Gasteiger partial charge in [-0.25, -0.2) is 0 Å². The molecule has 0 spiro atoms. The van der Waals surface area contributed by atoms with Crippen molar-refractivity contribution in [3.63, 3.8) is 0 Å². The van der Waals surface area contributed by atoms with E-state index in [1.54, 1.807) is 31.2 Å². The first-order valence-corrected chi connectivity index (χ1v) is 9.94. The summed E-state index contributed by atoms with van der Waals surface area (Å²) >= 11 is 0. The summed E-state index contributed by atoms with van der Waals surface area (Å²) in [6.45, 7) is 2.45. The number of para-hydroxylation sites is 1. The zero-order valence-corrected chi connectivity index (χ0v) is 17.7. The Hall–Kier alpha value is -3.93. The van der Waals surface area contributed by atoms with Gasteiger partial charge in [-0.3, -0.25) is 4.79 Å². The molecule has 1 heterocycles. The van der Waals surface area contributed by atoms with Crippen LogP contribution in [0.15, 0.2) is 77.2 Å².